The summed E-state index contributed by atoms with van der Waals surface area (Å²) >= 11 is 0. The molecule has 85 heavy (non-hydrogen) atoms. The third-order valence-corrected chi connectivity index (χ3v) is 14.3. The van der Waals surface area contributed by atoms with E-state index in [1.807, 2.05) is 0 Å². The molecule has 13 atom stereocenters. The molecule has 29 nitrogen and oxygen atoms in total. The van der Waals surface area contributed by atoms with Crippen molar-refractivity contribution in [3.8, 4) is 0 Å². The molecule has 1 saturated heterocycles. The Morgan fingerprint density at radius 3 is 1.56 bits per heavy atom. The second-order valence-corrected chi connectivity index (χ2v) is 22.0. The number of aliphatic hydroxyl groups excluding tert-OH is 2. The van der Waals surface area contributed by atoms with Crippen LogP contribution >= 0.6 is 0 Å². The average Bonchev–Trinajstić information content (AvgIpc) is 3.67. The molecule has 0 aromatic heterocycles. The summed E-state index contributed by atoms with van der Waals surface area (Å²) in [6.07, 6.45) is -1.05. The van der Waals surface area contributed by atoms with Crippen LogP contribution in [0.2, 0.25) is 0 Å². The second kappa shape index (κ2) is 39.7. The highest BCUT2D eigenvalue weighted by Gasteiger charge is 2.37. The molecule has 1 unspecified atom stereocenters. The number of nitrogens with one attached hydrogen (secondary N) is 11. The summed E-state index contributed by atoms with van der Waals surface area (Å²) in [4.78, 5) is 154. The summed E-state index contributed by atoms with van der Waals surface area (Å²) < 4.78 is 0. The first-order chi connectivity index (χ1) is 40.3. The highest BCUT2D eigenvalue weighted by molar-refractivity contribution is 5.99. The van der Waals surface area contributed by atoms with E-state index < -0.39 is 151 Å². The molecule has 0 aliphatic carbocycles. The lowest BCUT2D eigenvalue weighted by Gasteiger charge is -2.29. The maximum Gasteiger partial charge on any atom is 0.245 e. The maximum absolute atomic E-state index is 14.5. The molecule has 1 aliphatic heterocycles. The molecular weight excluding hydrogens is 1100 g/mol. The van der Waals surface area contributed by atoms with Gasteiger partial charge in [0, 0.05) is 19.4 Å². The standard InChI is InChI=1S/C56H98N16O13/c1-7-32(4)13-11-12-16-44(75)63-36(17-23-57)51(80)72-46(34(6)74)56(85)68-39(20-26-60)48(77)67-41-22-28-62-55(84)45(33(5)73)71-52(81)40(21-27-61)65-47(76)37(18-24-58)66-53(82)42(29-31(2)3)69-54(83)43(30-35-14-9-8-10-15-35)70-49(78)38(19-25-59)64-50(41)79/h8-10,14-15,31-34,36-43,45-46,73-74H,7,11-13,16-30,57-61H2,1-6H3,(H,62,84)(H,63,75)(H,64,79)(H,65,76)(H,66,82)(H,67,77)(H,68,85)(H,69,83)(H,70,78)(H,71,81)(H,72,80)/t32?,33-,34-,36+,37+,38+,39-,40+,41+,42+,43-,45+,46+/m1/s1. The van der Waals surface area contributed by atoms with Crippen molar-refractivity contribution < 1.29 is 63.0 Å². The van der Waals surface area contributed by atoms with Gasteiger partial charge in [-0.3, -0.25) is 52.7 Å². The molecule has 29 heteroatoms. The molecule has 0 bridgehead atoms. The summed E-state index contributed by atoms with van der Waals surface area (Å²) in [6.45, 7) is 9.00. The predicted molar refractivity (Wildman–Crippen MR) is 316 cm³/mol. The van der Waals surface area contributed by atoms with Crippen LogP contribution in [0.25, 0.3) is 0 Å². The Morgan fingerprint density at radius 1 is 0.565 bits per heavy atom. The Hall–Kier alpha value is -6.89. The van der Waals surface area contributed by atoms with E-state index in [9.17, 15) is 63.0 Å². The number of carbonyl (C=O) groups excluding carboxylic acids is 11. The second-order valence-electron chi connectivity index (χ2n) is 22.0. The molecule has 1 aromatic carbocycles. The highest BCUT2D eigenvalue weighted by Crippen LogP contribution is 2.14. The first kappa shape index (κ1) is 74.2. The zero-order valence-electron chi connectivity index (χ0n) is 50.2. The zero-order valence-corrected chi connectivity index (χ0v) is 50.2. The molecule has 0 radical (unpaired) electrons. The number of aliphatic hydroxyl groups is 2. The molecule has 1 aromatic rings. The lowest BCUT2D eigenvalue weighted by Crippen LogP contribution is -2.62. The van der Waals surface area contributed by atoms with Crippen LogP contribution in [0.1, 0.15) is 124 Å². The number of carbonyl (C=O) groups is 11. The predicted octanol–water partition coefficient (Wildman–Crippen LogP) is -5.24. The summed E-state index contributed by atoms with van der Waals surface area (Å²) in [5, 5.41) is 49.7. The molecule has 2 rings (SSSR count). The van der Waals surface area contributed by atoms with Crippen molar-refractivity contribution >= 4 is 65.0 Å². The Bertz CT molecular complexity index is 2320. The normalized spacial score (nSPS) is 22.9. The quantitative estimate of drug-likeness (QED) is 0.0333. The van der Waals surface area contributed by atoms with Crippen molar-refractivity contribution in [2.24, 2.45) is 40.5 Å². The number of nitrogens with two attached hydrogens (primary N) is 5. The van der Waals surface area contributed by atoms with E-state index in [2.05, 4.69) is 72.3 Å². The fraction of sp³-hybridized carbons (Fsp3) is 0.696. The van der Waals surface area contributed by atoms with Gasteiger partial charge in [0.05, 0.1) is 12.2 Å². The molecule has 1 aliphatic rings. The summed E-state index contributed by atoms with van der Waals surface area (Å²) in [6, 6.07) is -6.23. The van der Waals surface area contributed by atoms with Gasteiger partial charge < -0.3 is 97.4 Å². The number of amides is 11. The number of hydrogen-bond donors (Lipinski definition) is 18. The smallest absolute Gasteiger partial charge is 0.245 e. The van der Waals surface area contributed by atoms with Gasteiger partial charge in [-0.05, 0) is 115 Å². The van der Waals surface area contributed by atoms with Crippen LogP contribution in [0.3, 0.4) is 0 Å². The van der Waals surface area contributed by atoms with Gasteiger partial charge in [0.2, 0.25) is 65.0 Å². The Labute approximate surface area is 498 Å². The van der Waals surface area contributed by atoms with Crippen LogP contribution in [0.5, 0.6) is 0 Å². The number of hydrogen-bond acceptors (Lipinski definition) is 18. The monoisotopic (exact) mass is 1200 g/mol. The summed E-state index contributed by atoms with van der Waals surface area (Å²) in [7, 11) is 0. The average molecular weight is 1200 g/mol. The van der Waals surface area contributed by atoms with Gasteiger partial charge in [-0.1, -0.05) is 77.3 Å². The minimum absolute atomic E-state index is 0.0173. The zero-order chi connectivity index (χ0) is 63.8. The van der Waals surface area contributed by atoms with Crippen molar-refractivity contribution in [2.75, 3.05) is 39.3 Å². The third-order valence-electron chi connectivity index (χ3n) is 14.3. The van der Waals surface area contributed by atoms with Gasteiger partial charge in [-0.2, -0.15) is 0 Å². The Morgan fingerprint density at radius 2 is 1.06 bits per heavy atom. The van der Waals surface area contributed by atoms with E-state index in [0.717, 1.165) is 19.3 Å². The first-order valence-electron chi connectivity index (χ1n) is 29.5. The van der Waals surface area contributed by atoms with Crippen molar-refractivity contribution in [1.82, 2.24) is 58.5 Å². The first-order valence-corrected chi connectivity index (χ1v) is 29.5. The van der Waals surface area contributed by atoms with Crippen molar-refractivity contribution in [3.05, 3.63) is 35.9 Å². The van der Waals surface area contributed by atoms with Gasteiger partial charge >= 0.3 is 0 Å². The maximum atomic E-state index is 14.5. The van der Waals surface area contributed by atoms with Crippen molar-refractivity contribution in [3.63, 3.8) is 0 Å². The number of rotatable bonds is 29. The van der Waals surface area contributed by atoms with Gasteiger partial charge in [-0.25, -0.2) is 0 Å². The summed E-state index contributed by atoms with van der Waals surface area (Å²) in [5.41, 5.74) is 29.9. The van der Waals surface area contributed by atoms with E-state index in [-0.39, 0.29) is 90.0 Å². The fourth-order valence-electron chi connectivity index (χ4n) is 9.12. The van der Waals surface area contributed by atoms with E-state index in [0.29, 0.717) is 17.9 Å². The molecule has 11 amide bonds. The van der Waals surface area contributed by atoms with Crippen LogP contribution in [0.4, 0.5) is 0 Å². The fourth-order valence-corrected chi connectivity index (χ4v) is 9.12. The molecular formula is C56H98N16O13. The van der Waals surface area contributed by atoms with Crippen LogP contribution in [-0.4, -0.2) is 187 Å². The molecule has 480 valence electrons. The number of unbranched alkanes of at least 4 members (excludes halogenated alkanes) is 1. The Balaban J connectivity index is 2.67. The molecule has 1 heterocycles. The van der Waals surface area contributed by atoms with Crippen LogP contribution in [0, 0.1) is 11.8 Å². The summed E-state index contributed by atoms with van der Waals surface area (Å²) in [5.74, 6) is -9.45. The SMILES string of the molecule is CCC(C)CCCCC(=O)N[C@@H](CCN)C(=O)N[C@H](C(=O)N[C@H](CCN)C(=O)N[C@H]1CCNC(=O)[C@H]([C@@H](C)O)NC(=O)[C@H](CCN)NC(=O)[C@H](CCN)NC(=O)[C@H](CC(C)C)NC(=O)[C@@H](Cc2ccccc2)NC(=O)[C@H](CCN)NC1=O)[C@@H](C)O. The lowest BCUT2D eigenvalue weighted by molar-refractivity contribution is -0.137. The van der Waals surface area contributed by atoms with Crippen LogP contribution < -0.4 is 87.2 Å². The van der Waals surface area contributed by atoms with Crippen molar-refractivity contribution in [1.29, 1.82) is 0 Å². The molecule has 1 fully saturated rings. The Kier molecular flexibility index (Phi) is 34.6. The molecule has 23 N–H and O–H groups in total. The van der Waals surface area contributed by atoms with Crippen molar-refractivity contribution in [2.45, 2.75) is 198 Å². The van der Waals surface area contributed by atoms with E-state index in [1.165, 1.54) is 13.8 Å². The minimum Gasteiger partial charge on any atom is -0.391 e. The molecule has 0 saturated carbocycles. The van der Waals surface area contributed by atoms with E-state index in [4.69, 9.17) is 28.7 Å². The topological polar surface area (TPSA) is 491 Å². The van der Waals surface area contributed by atoms with E-state index in [1.54, 1.807) is 44.2 Å². The minimum atomic E-state index is -1.70. The van der Waals surface area contributed by atoms with Gasteiger partial charge in [0.1, 0.15) is 60.4 Å². The van der Waals surface area contributed by atoms with Crippen LogP contribution in [0.15, 0.2) is 30.3 Å². The lowest BCUT2D eigenvalue weighted by atomic mass is 10.00. The van der Waals surface area contributed by atoms with Crippen LogP contribution in [-0.2, 0) is 59.2 Å². The van der Waals surface area contributed by atoms with E-state index >= 15 is 0 Å². The third kappa shape index (κ3) is 26.9. The number of benzene rings is 1. The van der Waals surface area contributed by atoms with Gasteiger partial charge in [0.25, 0.3) is 0 Å². The van der Waals surface area contributed by atoms with Gasteiger partial charge in [-0.15, -0.1) is 0 Å². The highest BCUT2D eigenvalue weighted by atomic mass is 16.3. The van der Waals surface area contributed by atoms with Gasteiger partial charge in [0.15, 0.2) is 0 Å². The largest absolute Gasteiger partial charge is 0.391 e. The molecule has 0 spiro atoms.